The minimum atomic E-state index is -0.0427. The second-order valence-electron chi connectivity index (χ2n) is 7.15. The zero-order valence-electron chi connectivity index (χ0n) is 16.4. The third-order valence-electron chi connectivity index (χ3n) is 4.43. The largest absolute Gasteiger partial charge is 0.467 e. The Hall–Kier alpha value is -2.47. The van der Waals surface area contributed by atoms with Crippen molar-refractivity contribution in [2.75, 3.05) is 6.61 Å². The van der Waals surface area contributed by atoms with Crippen molar-refractivity contribution in [3.63, 3.8) is 0 Å². The van der Waals surface area contributed by atoms with Crippen molar-refractivity contribution in [1.29, 1.82) is 0 Å². The maximum Gasteiger partial charge on any atom is 0.261 e. The molecule has 0 saturated carbocycles. The molecule has 0 spiro atoms. The molecule has 2 aromatic heterocycles. The predicted molar refractivity (Wildman–Crippen MR) is 110 cm³/mol. The van der Waals surface area contributed by atoms with Crippen molar-refractivity contribution >= 4 is 27.5 Å². The number of ether oxygens (including phenoxy) is 1. The lowest BCUT2D eigenvalue weighted by Gasteiger charge is -2.30. The van der Waals surface area contributed by atoms with Crippen LogP contribution in [0.15, 0.2) is 36.0 Å². The molecule has 3 rings (SSSR count). The van der Waals surface area contributed by atoms with Crippen LogP contribution in [0.1, 0.15) is 33.3 Å². The highest BCUT2D eigenvalue weighted by Crippen LogP contribution is 2.37. The zero-order chi connectivity index (χ0) is 19.6. The fourth-order valence-corrected chi connectivity index (χ4v) is 4.19. The number of hydrogen-bond acceptors (Lipinski definition) is 5. The van der Waals surface area contributed by atoms with Gasteiger partial charge in [-0.3, -0.25) is 4.79 Å². The van der Waals surface area contributed by atoms with E-state index in [1.54, 1.807) is 11.3 Å². The van der Waals surface area contributed by atoms with Gasteiger partial charge < -0.3 is 9.64 Å². The smallest absolute Gasteiger partial charge is 0.261 e. The molecule has 0 fully saturated rings. The van der Waals surface area contributed by atoms with Gasteiger partial charge in [-0.1, -0.05) is 29.8 Å². The van der Waals surface area contributed by atoms with E-state index in [-0.39, 0.29) is 24.6 Å². The first-order chi connectivity index (χ1) is 12.9. The Bertz CT molecular complexity index is 924. The van der Waals surface area contributed by atoms with E-state index in [9.17, 15) is 4.79 Å². The number of carbonyl (C=O) groups excluding carboxylic acids is 1. The summed E-state index contributed by atoms with van der Waals surface area (Å²) in [5, 5.41) is 2.92. The first kappa shape index (κ1) is 19.3. The van der Waals surface area contributed by atoms with Crippen LogP contribution in [0.5, 0.6) is 5.88 Å². The average molecular weight is 384 g/mol. The van der Waals surface area contributed by atoms with Gasteiger partial charge in [0.1, 0.15) is 11.2 Å². The normalized spacial score (nSPS) is 11.4. The molecule has 5 nitrogen and oxygen atoms in total. The molecule has 0 saturated heterocycles. The van der Waals surface area contributed by atoms with Gasteiger partial charge in [0.25, 0.3) is 5.91 Å². The fraction of sp³-hybridized carbons (Fsp3) is 0.381. The van der Waals surface area contributed by atoms with Crippen LogP contribution in [0, 0.1) is 6.92 Å². The lowest BCUT2D eigenvalue weighted by atomic mass is 10.0. The van der Waals surface area contributed by atoms with Crippen molar-refractivity contribution in [2.45, 2.75) is 46.7 Å². The first-order valence-electron chi connectivity index (χ1n) is 9.11. The molecule has 1 amide bonds. The summed E-state index contributed by atoms with van der Waals surface area (Å²) in [7, 11) is 0. The lowest BCUT2D eigenvalue weighted by Crippen LogP contribution is -2.44. The Kier molecular flexibility index (Phi) is 5.75. The van der Waals surface area contributed by atoms with Gasteiger partial charge in [-0.25, -0.2) is 9.97 Å². The third-order valence-corrected chi connectivity index (χ3v) is 5.32. The lowest BCUT2D eigenvalue weighted by molar-refractivity contribution is -0.137. The second kappa shape index (κ2) is 8.05. The maximum atomic E-state index is 12.6. The van der Waals surface area contributed by atoms with E-state index < -0.39 is 0 Å². The molecule has 0 N–H and O–H groups in total. The van der Waals surface area contributed by atoms with Crippen molar-refractivity contribution in [2.24, 2.45) is 0 Å². The van der Waals surface area contributed by atoms with Gasteiger partial charge in [0.15, 0.2) is 6.61 Å². The number of carbonyl (C=O) groups is 1. The summed E-state index contributed by atoms with van der Waals surface area (Å²) < 4.78 is 5.87. The highest BCUT2D eigenvalue weighted by atomic mass is 32.1. The Morgan fingerprint density at radius 3 is 2.41 bits per heavy atom. The van der Waals surface area contributed by atoms with Gasteiger partial charge in [-0.05, 0) is 40.2 Å². The summed E-state index contributed by atoms with van der Waals surface area (Å²) >= 11 is 1.55. The molecule has 0 unspecified atom stereocenters. The molecule has 27 heavy (non-hydrogen) atoms. The molecule has 0 aliphatic carbocycles. The zero-order valence-corrected chi connectivity index (χ0v) is 17.2. The van der Waals surface area contributed by atoms with Gasteiger partial charge in [0, 0.05) is 23.0 Å². The van der Waals surface area contributed by atoms with E-state index in [0.29, 0.717) is 5.88 Å². The molecule has 1 aromatic carbocycles. The highest BCUT2D eigenvalue weighted by Gasteiger charge is 2.22. The van der Waals surface area contributed by atoms with Crippen LogP contribution in [-0.4, -0.2) is 39.5 Å². The summed E-state index contributed by atoms with van der Waals surface area (Å²) in [4.78, 5) is 24.0. The van der Waals surface area contributed by atoms with Crippen LogP contribution < -0.4 is 4.74 Å². The van der Waals surface area contributed by atoms with Crippen LogP contribution >= 0.6 is 11.3 Å². The van der Waals surface area contributed by atoms with Gasteiger partial charge in [-0.2, -0.15) is 0 Å². The van der Waals surface area contributed by atoms with Crippen molar-refractivity contribution < 1.29 is 9.53 Å². The van der Waals surface area contributed by atoms with Gasteiger partial charge in [0.2, 0.25) is 5.88 Å². The van der Waals surface area contributed by atoms with E-state index in [2.05, 4.69) is 46.5 Å². The van der Waals surface area contributed by atoms with Crippen molar-refractivity contribution in [3.8, 4) is 17.0 Å². The molecule has 3 aromatic rings. The molecule has 0 atom stereocenters. The van der Waals surface area contributed by atoms with Crippen LogP contribution in [0.2, 0.25) is 0 Å². The maximum absolute atomic E-state index is 12.6. The minimum absolute atomic E-state index is 0.0361. The van der Waals surface area contributed by atoms with E-state index in [4.69, 9.17) is 4.74 Å². The predicted octanol–water partition coefficient (Wildman–Crippen LogP) is 4.69. The van der Waals surface area contributed by atoms with Crippen LogP contribution in [0.25, 0.3) is 21.3 Å². The first-order valence-corrected chi connectivity index (χ1v) is 9.99. The molecular formula is C21H25N3O2S. The molecule has 0 aliphatic heterocycles. The number of nitrogens with zero attached hydrogens (tertiary/aromatic N) is 3. The van der Waals surface area contributed by atoms with Crippen LogP contribution in [0.4, 0.5) is 0 Å². The Morgan fingerprint density at radius 1 is 1.11 bits per heavy atom. The van der Waals surface area contributed by atoms with E-state index >= 15 is 0 Å². The number of amides is 1. The Balaban J connectivity index is 1.90. The molecule has 0 bridgehead atoms. The molecule has 0 aliphatic rings. The topological polar surface area (TPSA) is 55.3 Å². The van der Waals surface area contributed by atoms with Crippen LogP contribution in [0.3, 0.4) is 0 Å². The van der Waals surface area contributed by atoms with Crippen molar-refractivity contribution in [1.82, 2.24) is 14.9 Å². The summed E-state index contributed by atoms with van der Waals surface area (Å²) in [6.07, 6.45) is 1.49. The number of rotatable bonds is 6. The number of fused-ring (bicyclic) bond motifs is 1. The number of benzene rings is 1. The van der Waals surface area contributed by atoms with E-state index in [1.165, 1.54) is 11.9 Å². The highest BCUT2D eigenvalue weighted by molar-refractivity contribution is 7.17. The van der Waals surface area contributed by atoms with Crippen molar-refractivity contribution in [3.05, 3.63) is 41.5 Å². The summed E-state index contributed by atoms with van der Waals surface area (Å²) in [6.45, 7) is 10.1. The van der Waals surface area contributed by atoms with Gasteiger partial charge in [-0.15, -0.1) is 11.3 Å². The van der Waals surface area contributed by atoms with E-state index in [1.807, 2.05) is 32.6 Å². The SMILES string of the molecule is Cc1ccc(-c2csc3ncnc(OCC(=O)N(C(C)C)C(C)C)c23)cc1. The summed E-state index contributed by atoms with van der Waals surface area (Å²) in [5.74, 6) is 0.413. The average Bonchev–Trinajstić information content (AvgIpc) is 3.04. The summed E-state index contributed by atoms with van der Waals surface area (Å²) in [6, 6.07) is 8.56. The minimum Gasteiger partial charge on any atom is -0.467 e. The standard InChI is InChI=1S/C21H25N3O2S/c1-13(2)24(14(3)4)18(25)10-26-20-19-17(11-27-21(19)23-12-22-20)16-8-6-15(5)7-9-16/h6-9,11-14H,10H2,1-5H3. The Morgan fingerprint density at radius 2 is 1.78 bits per heavy atom. The van der Waals surface area contributed by atoms with Crippen LogP contribution in [-0.2, 0) is 4.79 Å². The molecule has 0 radical (unpaired) electrons. The number of thiophene rings is 1. The molecule has 142 valence electrons. The molecule has 2 heterocycles. The molecular weight excluding hydrogens is 358 g/mol. The monoisotopic (exact) mass is 383 g/mol. The fourth-order valence-electron chi connectivity index (χ4n) is 3.28. The van der Waals surface area contributed by atoms with Gasteiger partial charge in [0.05, 0.1) is 5.39 Å². The third kappa shape index (κ3) is 4.11. The number of aromatic nitrogens is 2. The molecule has 6 heteroatoms. The Labute approximate surface area is 164 Å². The second-order valence-corrected chi connectivity index (χ2v) is 8.01. The van der Waals surface area contributed by atoms with Gasteiger partial charge >= 0.3 is 0 Å². The number of aryl methyl sites for hydroxylation is 1. The van der Waals surface area contributed by atoms with E-state index in [0.717, 1.165) is 21.3 Å². The number of hydrogen-bond donors (Lipinski definition) is 0. The quantitative estimate of drug-likeness (QED) is 0.620. The summed E-state index contributed by atoms with van der Waals surface area (Å²) in [5.41, 5.74) is 3.32.